The minimum atomic E-state index is 0.0276. The van der Waals surface area contributed by atoms with Gasteiger partial charge in [0.15, 0.2) is 5.75 Å². The molecule has 3 N–H and O–H groups in total. The second-order valence-electron chi connectivity index (χ2n) is 7.47. The largest absolute Gasteiger partial charge is 0.505 e. The number of hydrogen-bond donors (Lipinski definition) is 3. The van der Waals surface area contributed by atoms with Crippen LogP contribution in [0.15, 0.2) is 83.0 Å². The lowest BCUT2D eigenvalue weighted by Crippen LogP contribution is -2.05. The van der Waals surface area contributed by atoms with E-state index in [4.69, 9.17) is 0 Å². The van der Waals surface area contributed by atoms with Crippen molar-refractivity contribution < 1.29 is 5.11 Å². The van der Waals surface area contributed by atoms with Crippen molar-refractivity contribution >= 4 is 50.5 Å². The number of fused-ring (bicyclic) bond motifs is 2. The Morgan fingerprint density at radius 2 is 1.52 bits per heavy atom. The maximum absolute atomic E-state index is 11.1. The molecule has 4 aromatic carbocycles. The van der Waals surface area contributed by atoms with Crippen LogP contribution in [-0.2, 0) is 0 Å². The number of rotatable bonds is 5. The Morgan fingerprint density at radius 3 is 2.36 bits per heavy atom. The number of benzene rings is 4. The van der Waals surface area contributed by atoms with Crippen molar-refractivity contribution in [3.05, 3.63) is 78.6 Å². The van der Waals surface area contributed by atoms with E-state index in [1.807, 2.05) is 66.7 Å². The third kappa shape index (κ3) is 4.14. The Morgan fingerprint density at radius 1 is 0.758 bits per heavy atom. The molecule has 5 rings (SSSR count). The smallest absolute Gasteiger partial charge is 0.232 e. The molecule has 0 aliphatic rings. The third-order valence-corrected chi connectivity index (χ3v) is 5.22. The molecule has 0 saturated carbocycles. The highest BCUT2D eigenvalue weighted by Gasteiger charge is 2.12. The van der Waals surface area contributed by atoms with Crippen LogP contribution in [0.3, 0.4) is 0 Å². The van der Waals surface area contributed by atoms with Gasteiger partial charge in [0.05, 0.1) is 11.4 Å². The standard InChI is InChI=1S/C25H21N7O/c1-15-27-24(26-2)30-25(28-15)29-20-9-5-8-17-11-13-21(23(33)22(17)20)32-31-19-12-10-16-6-3-4-7-18(16)14-19/h3-14,33H,1-2H3,(H2,26,27,28,29,30). The molecule has 0 aliphatic heterocycles. The first kappa shape index (κ1) is 20.3. The number of nitrogens with zero attached hydrogens (tertiary/aromatic N) is 5. The predicted molar refractivity (Wildman–Crippen MR) is 131 cm³/mol. The monoisotopic (exact) mass is 435 g/mol. The van der Waals surface area contributed by atoms with E-state index in [1.54, 1.807) is 20.0 Å². The molecule has 162 valence electrons. The van der Waals surface area contributed by atoms with E-state index in [-0.39, 0.29) is 5.75 Å². The summed E-state index contributed by atoms with van der Waals surface area (Å²) in [5.74, 6) is 1.44. The number of nitrogens with one attached hydrogen (secondary N) is 2. The van der Waals surface area contributed by atoms with E-state index in [2.05, 4.69) is 35.8 Å². The van der Waals surface area contributed by atoms with Crippen molar-refractivity contribution in [1.29, 1.82) is 0 Å². The second-order valence-corrected chi connectivity index (χ2v) is 7.47. The zero-order valence-electron chi connectivity index (χ0n) is 18.1. The summed E-state index contributed by atoms with van der Waals surface area (Å²) in [5, 5.41) is 29.5. The SMILES string of the molecule is CNc1nc(C)nc(Nc2cccc3ccc(N=Nc4ccc5ccccc5c4)c(O)c23)n1. The fourth-order valence-corrected chi connectivity index (χ4v) is 3.65. The van der Waals surface area contributed by atoms with Gasteiger partial charge in [0.25, 0.3) is 0 Å². The lowest BCUT2D eigenvalue weighted by Gasteiger charge is -2.12. The number of aryl methyl sites for hydroxylation is 1. The van der Waals surface area contributed by atoms with Gasteiger partial charge in [-0.15, -0.1) is 5.11 Å². The first-order valence-electron chi connectivity index (χ1n) is 10.4. The molecule has 0 fully saturated rings. The van der Waals surface area contributed by atoms with Gasteiger partial charge in [-0.3, -0.25) is 0 Å². The van der Waals surface area contributed by atoms with Crippen molar-refractivity contribution in [3.63, 3.8) is 0 Å². The summed E-state index contributed by atoms with van der Waals surface area (Å²) in [7, 11) is 1.75. The normalized spacial score (nSPS) is 11.3. The maximum atomic E-state index is 11.1. The van der Waals surface area contributed by atoms with Crippen LogP contribution in [0.25, 0.3) is 21.5 Å². The average molecular weight is 435 g/mol. The number of aromatic nitrogens is 3. The Hall–Kier alpha value is -4.59. The number of azo groups is 1. The van der Waals surface area contributed by atoms with Gasteiger partial charge in [0, 0.05) is 12.4 Å². The van der Waals surface area contributed by atoms with Crippen LogP contribution in [0, 0.1) is 6.92 Å². The van der Waals surface area contributed by atoms with Crippen molar-refractivity contribution in [3.8, 4) is 5.75 Å². The average Bonchev–Trinajstić information content (AvgIpc) is 2.83. The van der Waals surface area contributed by atoms with Gasteiger partial charge in [-0.25, -0.2) is 0 Å². The van der Waals surface area contributed by atoms with Crippen molar-refractivity contribution in [2.75, 3.05) is 17.7 Å². The van der Waals surface area contributed by atoms with Crippen LogP contribution in [0.4, 0.5) is 29.0 Å². The Bertz CT molecular complexity index is 1510. The fourth-order valence-electron chi connectivity index (χ4n) is 3.65. The van der Waals surface area contributed by atoms with Crippen LogP contribution in [0.1, 0.15) is 5.82 Å². The lowest BCUT2D eigenvalue weighted by molar-refractivity contribution is 0.483. The van der Waals surface area contributed by atoms with Gasteiger partial charge >= 0.3 is 0 Å². The molecule has 0 aliphatic carbocycles. The maximum Gasteiger partial charge on any atom is 0.232 e. The zero-order valence-corrected chi connectivity index (χ0v) is 18.1. The fraction of sp³-hybridized carbons (Fsp3) is 0.0800. The lowest BCUT2D eigenvalue weighted by atomic mass is 10.1. The van der Waals surface area contributed by atoms with E-state index in [0.29, 0.717) is 40.2 Å². The molecule has 0 unspecified atom stereocenters. The molecule has 33 heavy (non-hydrogen) atoms. The minimum Gasteiger partial charge on any atom is -0.505 e. The summed E-state index contributed by atoms with van der Waals surface area (Å²) < 4.78 is 0. The number of phenolic OH excluding ortho intramolecular Hbond substituents is 1. The molecule has 0 radical (unpaired) electrons. The highest BCUT2D eigenvalue weighted by Crippen LogP contribution is 2.40. The van der Waals surface area contributed by atoms with Gasteiger partial charge in [0.1, 0.15) is 11.5 Å². The van der Waals surface area contributed by atoms with Crippen LogP contribution < -0.4 is 10.6 Å². The Kier molecular flexibility index (Phi) is 5.24. The molecule has 8 heteroatoms. The van der Waals surface area contributed by atoms with E-state index >= 15 is 0 Å². The second kappa shape index (κ2) is 8.51. The predicted octanol–water partition coefficient (Wildman–Crippen LogP) is 6.39. The number of anilines is 3. The molecular formula is C25H21N7O. The molecular weight excluding hydrogens is 414 g/mol. The summed E-state index contributed by atoms with van der Waals surface area (Å²) in [6, 6.07) is 23.2. The van der Waals surface area contributed by atoms with Crippen LogP contribution in [-0.4, -0.2) is 27.1 Å². The summed E-state index contributed by atoms with van der Waals surface area (Å²) in [4.78, 5) is 12.9. The first-order chi connectivity index (χ1) is 16.1. The highest BCUT2D eigenvalue weighted by molar-refractivity contribution is 6.02. The van der Waals surface area contributed by atoms with Gasteiger partial charge in [-0.05, 0) is 47.3 Å². The number of phenols is 1. The van der Waals surface area contributed by atoms with Crippen LogP contribution >= 0.6 is 0 Å². The summed E-state index contributed by atoms with van der Waals surface area (Å²) in [5.41, 5.74) is 1.73. The van der Waals surface area contributed by atoms with Crippen molar-refractivity contribution in [1.82, 2.24) is 15.0 Å². The van der Waals surface area contributed by atoms with Gasteiger partial charge in [-0.1, -0.05) is 48.5 Å². The topological polar surface area (TPSA) is 108 Å². The molecule has 1 heterocycles. The molecule has 8 nitrogen and oxygen atoms in total. The van der Waals surface area contributed by atoms with Crippen LogP contribution in [0.5, 0.6) is 5.75 Å². The zero-order chi connectivity index (χ0) is 22.8. The molecule has 0 amide bonds. The summed E-state index contributed by atoms with van der Waals surface area (Å²) >= 11 is 0. The molecule has 0 saturated heterocycles. The van der Waals surface area contributed by atoms with E-state index in [9.17, 15) is 5.11 Å². The molecule has 5 aromatic rings. The quantitative estimate of drug-likeness (QED) is 0.276. The van der Waals surface area contributed by atoms with E-state index in [1.165, 1.54) is 0 Å². The summed E-state index contributed by atoms with van der Waals surface area (Å²) in [6.07, 6.45) is 0. The Labute approximate surface area is 190 Å². The van der Waals surface area contributed by atoms with Gasteiger partial charge in [-0.2, -0.15) is 20.1 Å². The highest BCUT2D eigenvalue weighted by atomic mass is 16.3. The van der Waals surface area contributed by atoms with E-state index in [0.717, 1.165) is 16.2 Å². The van der Waals surface area contributed by atoms with E-state index < -0.39 is 0 Å². The summed E-state index contributed by atoms with van der Waals surface area (Å²) in [6.45, 7) is 1.79. The van der Waals surface area contributed by atoms with Gasteiger partial charge < -0.3 is 15.7 Å². The van der Waals surface area contributed by atoms with Crippen molar-refractivity contribution in [2.24, 2.45) is 10.2 Å². The third-order valence-electron chi connectivity index (χ3n) is 5.22. The molecule has 0 atom stereocenters. The number of hydrogen-bond acceptors (Lipinski definition) is 8. The molecule has 0 spiro atoms. The minimum absolute atomic E-state index is 0.0276. The van der Waals surface area contributed by atoms with Gasteiger partial charge in [0.2, 0.25) is 11.9 Å². The molecule has 1 aromatic heterocycles. The Balaban J connectivity index is 1.52. The van der Waals surface area contributed by atoms with Crippen LogP contribution in [0.2, 0.25) is 0 Å². The first-order valence-corrected chi connectivity index (χ1v) is 10.4. The van der Waals surface area contributed by atoms with Crippen molar-refractivity contribution in [2.45, 2.75) is 6.92 Å². The molecule has 0 bridgehead atoms. The number of aromatic hydroxyl groups is 1.